The zero-order valence-electron chi connectivity index (χ0n) is 22.2. The third kappa shape index (κ3) is 4.40. The van der Waals surface area contributed by atoms with Gasteiger partial charge in [0.15, 0.2) is 0 Å². The van der Waals surface area contributed by atoms with E-state index in [0.717, 1.165) is 12.0 Å². The number of carbonyl (C=O) groups excluding carboxylic acids is 1. The largest absolute Gasteiger partial charge is 0.496 e. The van der Waals surface area contributed by atoms with E-state index in [-0.39, 0.29) is 23.3 Å². The zero-order chi connectivity index (χ0) is 26.3. The summed E-state index contributed by atoms with van der Waals surface area (Å²) < 4.78 is 11.5. The van der Waals surface area contributed by atoms with Gasteiger partial charge in [-0.2, -0.15) is 0 Å². The minimum Gasteiger partial charge on any atom is -0.496 e. The van der Waals surface area contributed by atoms with E-state index < -0.39 is 11.2 Å². The van der Waals surface area contributed by atoms with Gasteiger partial charge in [-0.25, -0.2) is 4.79 Å². The molecule has 3 atom stereocenters. The Hall–Kier alpha value is -3.31. The monoisotopic (exact) mass is 499 g/mol. The molecule has 194 valence electrons. The molecule has 2 fully saturated rings. The summed E-state index contributed by atoms with van der Waals surface area (Å²) in [6.45, 7) is 6.57. The van der Waals surface area contributed by atoms with Crippen LogP contribution in [0.3, 0.4) is 0 Å². The molecular formula is C32H37NO4. The lowest BCUT2D eigenvalue weighted by Crippen LogP contribution is -2.53. The number of hydrogen-bond donors (Lipinski definition) is 1. The predicted octanol–water partition coefficient (Wildman–Crippen LogP) is 6.15. The Labute approximate surface area is 220 Å². The quantitative estimate of drug-likeness (QED) is 0.468. The predicted molar refractivity (Wildman–Crippen MR) is 145 cm³/mol. The van der Waals surface area contributed by atoms with Crippen LogP contribution in [-0.4, -0.2) is 41.9 Å². The second-order valence-corrected chi connectivity index (χ2v) is 11.4. The van der Waals surface area contributed by atoms with Crippen LogP contribution in [0.5, 0.6) is 5.75 Å². The molecule has 1 saturated heterocycles. The summed E-state index contributed by atoms with van der Waals surface area (Å²) in [5.74, 6) is 0.422. The van der Waals surface area contributed by atoms with E-state index >= 15 is 0 Å². The maximum Gasteiger partial charge on any atom is 0.410 e. The molecule has 0 spiro atoms. The maximum atomic E-state index is 13.4. The number of methoxy groups -OCH3 is 1. The number of ether oxygens (including phenoxy) is 2. The minimum atomic E-state index is -1.15. The topological polar surface area (TPSA) is 59.0 Å². The summed E-state index contributed by atoms with van der Waals surface area (Å²) >= 11 is 0. The minimum absolute atomic E-state index is 0.0338. The highest BCUT2D eigenvalue weighted by Crippen LogP contribution is 2.60. The van der Waals surface area contributed by atoms with Crippen LogP contribution in [0, 0.1) is 11.8 Å². The van der Waals surface area contributed by atoms with Crippen LogP contribution in [0.1, 0.15) is 50.3 Å². The van der Waals surface area contributed by atoms with Crippen molar-refractivity contribution >= 4 is 6.09 Å². The van der Waals surface area contributed by atoms with Crippen molar-refractivity contribution in [3.63, 3.8) is 0 Å². The molecule has 5 rings (SSSR count). The average Bonchev–Trinajstić information content (AvgIpc) is 3.37. The van der Waals surface area contributed by atoms with Crippen LogP contribution in [0.4, 0.5) is 4.79 Å². The first kappa shape index (κ1) is 25.3. The van der Waals surface area contributed by atoms with E-state index in [1.54, 1.807) is 12.0 Å². The lowest BCUT2D eigenvalue weighted by atomic mass is 9.52. The fraction of sp³-hybridized carbons (Fsp3) is 0.406. The van der Waals surface area contributed by atoms with Crippen LogP contribution in [-0.2, 0) is 15.8 Å². The van der Waals surface area contributed by atoms with E-state index in [2.05, 4.69) is 48.5 Å². The molecule has 3 aromatic carbocycles. The molecule has 1 amide bonds. The third-order valence-corrected chi connectivity index (χ3v) is 8.27. The highest BCUT2D eigenvalue weighted by Gasteiger charge is 2.61. The molecule has 1 heterocycles. The van der Waals surface area contributed by atoms with Gasteiger partial charge in [0.05, 0.1) is 12.7 Å². The number of benzene rings is 3. The number of likely N-dealkylation sites (tertiary alicyclic amines) is 1. The molecule has 1 N–H and O–H groups in total. The Morgan fingerprint density at radius 2 is 1.38 bits per heavy atom. The van der Waals surface area contributed by atoms with E-state index in [1.807, 2.05) is 57.2 Å². The van der Waals surface area contributed by atoms with Gasteiger partial charge in [0.2, 0.25) is 0 Å². The number of nitrogens with zero attached hydrogens (tertiary/aromatic N) is 1. The smallest absolute Gasteiger partial charge is 0.410 e. The Balaban J connectivity index is 1.67. The molecule has 1 aliphatic heterocycles. The SMILES string of the molecule is COc1ccccc1C1(O)CCC(c2ccccc2)(c2ccccc2)C2CN(C(=O)OC(C)(C)C)CC21. The van der Waals surface area contributed by atoms with Gasteiger partial charge in [0.25, 0.3) is 0 Å². The van der Waals surface area contributed by atoms with E-state index in [4.69, 9.17) is 9.47 Å². The molecule has 37 heavy (non-hydrogen) atoms. The number of carbonyl (C=O) groups is 1. The zero-order valence-corrected chi connectivity index (χ0v) is 22.2. The van der Waals surface area contributed by atoms with Gasteiger partial charge >= 0.3 is 6.09 Å². The molecule has 3 aromatic rings. The first-order valence-electron chi connectivity index (χ1n) is 13.1. The molecule has 0 bridgehead atoms. The normalized spacial score (nSPS) is 24.8. The van der Waals surface area contributed by atoms with Crippen LogP contribution < -0.4 is 4.74 Å². The van der Waals surface area contributed by atoms with Gasteiger partial charge in [-0.05, 0) is 56.7 Å². The summed E-state index contributed by atoms with van der Waals surface area (Å²) in [4.78, 5) is 15.2. The van der Waals surface area contributed by atoms with E-state index in [9.17, 15) is 9.90 Å². The van der Waals surface area contributed by atoms with E-state index in [0.29, 0.717) is 25.3 Å². The van der Waals surface area contributed by atoms with Crippen molar-refractivity contribution in [1.29, 1.82) is 0 Å². The van der Waals surface area contributed by atoms with Gasteiger partial charge < -0.3 is 19.5 Å². The fourth-order valence-electron chi connectivity index (χ4n) is 6.71. The summed E-state index contributed by atoms with van der Waals surface area (Å²) in [6, 6.07) is 28.9. The Kier molecular flexibility index (Phi) is 6.53. The summed E-state index contributed by atoms with van der Waals surface area (Å²) in [6.07, 6.45) is 0.943. The lowest BCUT2D eigenvalue weighted by Gasteiger charge is -2.53. The number of hydrogen-bond acceptors (Lipinski definition) is 4. The summed E-state index contributed by atoms with van der Waals surface area (Å²) in [7, 11) is 1.64. The van der Waals surface area contributed by atoms with Crippen molar-refractivity contribution < 1.29 is 19.4 Å². The van der Waals surface area contributed by atoms with Crippen molar-refractivity contribution in [1.82, 2.24) is 4.90 Å². The number of amides is 1. The van der Waals surface area contributed by atoms with Gasteiger partial charge in [-0.15, -0.1) is 0 Å². The highest BCUT2D eigenvalue weighted by molar-refractivity contribution is 5.69. The lowest BCUT2D eigenvalue weighted by molar-refractivity contribution is -0.0852. The number of rotatable bonds is 4. The second-order valence-electron chi connectivity index (χ2n) is 11.4. The van der Waals surface area contributed by atoms with Crippen LogP contribution in [0.2, 0.25) is 0 Å². The molecule has 5 nitrogen and oxygen atoms in total. The Morgan fingerprint density at radius 1 is 0.838 bits per heavy atom. The Morgan fingerprint density at radius 3 is 1.95 bits per heavy atom. The van der Waals surface area contributed by atoms with Crippen molar-refractivity contribution in [2.45, 2.75) is 50.2 Å². The van der Waals surface area contributed by atoms with Crippen molar-refractivity contribution in [2.24, 2.45) is 11.8 Å². The Bertz CT molecular complexity index is 1200. The van der Waals surface area contributed by atoms with Gasteiger partial charge in [-0.3, -0.25) is 0 Å². The van der Waals surface area contributed by atoms with Crippen LogP contribution in [0.15, 0.2) is 84.9 Å². The van der Waals surface area contributed by atoms with Gasteiger partial charge in [0, 0.05) is 30.0 Å². The number of fused-ring (bicyclic) bond motifs is 1. The first-order valence-corrected chi connectivity index (χ1v) is 13.1. The molecule has 0 radical (unpaired) electrons. The second kappa shape index (κ2) is 9.53. The molecule has 1 saturated carbocycles. The van der Waals surface area contributed by atoms with Crippen molar-refractivity contribution in [2.75, 3.05) is 20.2 Å². The highest BCUT2D eigenvalue weighted by atomic mass is 16.6. The van der Waals surface area contributed by atoms with Crippen LogP contribution >= 0.6 is 0 Å². The molecule has 1 aliphatic carbocycles. The fourth-order valence-corrected chi connectivity index (χ4v) is 6.71. The first-order chi connectivity index (χ1) is 17.7. The number of aliphatic hydroxyl groups is 1. The molecule has 5 heteroatoms. The standard InChI is InChI=1S/C32H37NO4/c1-30(2,3)37-29(34)33-21-26-27(22-33)32(35,25-17-11-12-18-28(25)36-4)20-19-31(26,23-13-7-5-8-14-23)24-15-9-6-10-16-24/h5-18,26-27,35H,19-22H2,1-4H3. The van der Waals surface area contributed by atoms with Gasteiger partial charge in [0.1, 0.15) is 11.4 Å². The molecule has 3 unspecified atom stereocenters. The number of para-hydroxylation sites is 1. The molecule has 2 aliphatic rings. The summed E-state index contributed by atoms with van der Waals surface area (Å²) in [5, 5.41) is 12.5. The summed E-state index contributed by atoms with van der Waals surface area (Å²) in [5.41, 5.74) is 1.10. The molecule has 0 aromatic heterocycles. The molecular weight excluding hydrogens is 462 g/mol. The van der Waals surface area contributed by atoms with Crippen molar-refractivity contribution in [3.05, 3.63) is 102 Å². The van der Waals surface area contributed by atoms with Gasteiger partial charge in [-0.1, -0.05) is 78.9 Å². The average molecular weight is 500 g/mol. The van der Waals surface area contributed by atoms with E-state index in [1.165, 1.54) is 11.1 Å². The van der Waals surface area contributed by atoms with Crippen molar-refractivity contribution in [3.8, 4) is 5.75 Å². The van der Waals surface area contributed by atoms with Crippen LogP contribution in [0.25, 0.3) is 0 Å². The third-order valence-electron chi connectivity index (χ3n) is 8.27. The maximum absolute atomic E-state index is 13.4.